The Morgan fingerprint density at radius 1 is 1.05 bits per heavy atom. The van der Waals surface area contributed by atoms with Gasteiger partial charge in [0.1, 0.15) is 17.2 Å². The monoisotopic (exact) mass is 563 g/mol. The van der Waals surface area contributed by atoms with Gasteiger partial charge in [0.05, 0.1) is 24.0 Å². The number of hydrogen-bond donors (Lipinski definition) is 1. The van der Waals surface area contributed by atoms with Gasteiger partial charge in [-0.1, -0.05) is 0 Å². The van der Waals surface area contributed by atoms with Crippen LogP contribution in [0.5, 0.6) is 5.75 Å². The third kappa shape index (κ3) is 7.70. The van der Waals surface area contributed by atoms with Gasteiger partial charge in [-0.25, -0.2) is 14.8 Å². The van der Waals surface area contributed by atoms with Crippen LogP contribution in [0.1, 0.15) is 27.2 Å². The fourth-order valence-electron chi connectivity index (χ4n) is 4.84. The molecule has 1 aromatic carbocycles. The Hall–Kier alpha value is -3.79. The lowest BCUT2D eigenvalue weighted by molar-refractivity contribution is 0.0240. The van der Waals surface area contributed by atoms with Gasteiger partial charge in [-0.05, 0) is 78.2 Å². The zero-order chi connectivity index (χ0) is 29.7. The summed E-state index contributed by atoms with van der Waals surface area (Å²) in [7, 11) is 9.88. The number of amides is 1. The number of carbonyl (C=O) groups is 1. The quantitative estimate of drug-likeness (QED) is 0.369. The zero-order valence-corrected chi connectivity index (χ0v) is 25.8. The van der Waals surface area contributed by atoms with Gasteiger partial charge in [0.2, 0.25) is 0 Å². The number of pyridine rings is 2. The van der Waals surface area contributed by atoms with E-state index in [0.717, 1.165) is 64.6 Å². The number of ether oxygens (including phenoxy) is 2. The number of benzene rings is 1. The highest BCUT2D eigenvalue weighted by molar-refractivity contribution is 5.97. The van der Waals surface area contributed by atoms with Crippen molar-refractivity contribution in [3.05, 3.63) is 36.5 Å². The molecule has 0 atom stereocenters. The Morgan fingerprint density at radius 3 is 2.37 bits per heavy atom. The van der Waals surface area contributed by atoms with Crippen LogP contribution in [0.2, 0.25) is 0 Å². The lowest BCUT2D eigenvalue weighted by atomic mass is 10.1. The summed E-state index contributed by atoms with van der Waals surface area (Å²) < 4.78 is 11.2. The maximum absolute atomic E-state index is 12.4. The fraction of sp³-hybridized carbons (Fsp3) is 0.516. The Labute approximate surface area is 244 Å². The summed E-state index contributed by atoms with van der Waals surface area (Å²) in [6.07, 6.45) is 2.65. The number of anilines is 3. The molecule has 4 rings (SSSR count). The van der Waals surface area contributed by atoms with Crippen molar-refractivity contribution in [2.24, 2.45) is 0 Å². The van der Waals surface area contributed by atoms with E-state index >= 15 is 0 Å². The van der Waals surface area contributed by atoms with Gasteiger partial charge in [-0.2, -0.15) is 0 Å². The van der Waals surface area contributed by atoms with E-state index in [1.165, 1.54) is 0 Å². The van der Waals surface area contributed by atoms with Crippen molar-refractivity contribution < 1.29 is 14.3 Å². The summed E-state index contributed by atoms with van der Waals surface area (Å²) in [4.78, 5) is 30.4. The van der Waals surface area contributed by atoms with Crippen LogP contribution in [0, 0.1) is 0 Å². The molecule has 1 aliphatic heterocycles. The van der Waals surface area contributed by atoms with Crippen LogP contribution < -0.4 is 19.9 Å². The van der Waals surface area contributed by atoms with Gasteiger partial charge < -0.3 is 34.4 Å². The molecule has 1 fully saturated rings. The van der Waals surface area contributed by atoms with Crippen molar-refractivity contribution in [3.8, 4) is 17.0 Å². The molecule has 10 nitrogen and oxygen atoms in total. The van der Waals surface area contributed by atoms with Crippen LogP contribution in [0.3, 0.4) is 0 Å². The minimum absolute atomic E-state index is 0.260. The van der Waals surface area contributed by atoms with Gasteiger partial charge in [0, 0.05) is 69.7 Å². The molecule has 1 N–H and O–H groups in total. The number of carbonyl (C=O) groups excluding carboxylic acids is 1. The van der Waals surface area contributed by atoms with Crippen molar-refractivity contribution >= 4 is 34.2 Å². The van der Waals surface area contributed by atoms with E-state index in [-0.39, 0.29) is 6.09 Å². The zero-order valence-electron chi connectivity index (χ0n) is 25.8. The Kier molecular flexibility index (Phi) is 9.42. The van der Waals surface area contributed by atoms with Gasteiger partial charge in [0.25, 0.3) is 0 Å². The van der Waals surface area contributed by atoms with Crippen LogP contribution in [-0.2, 0) is 4.74 Å². The molecule has 0 saturated carbocycles. The second kappa shape index (κ2) is 12.8. The largest absolute Gasteiger partial charge is 0.495 e. The van der Waals surface area contributed by atoms with E-state index in [9.17, 15) is 4.79 Å². The minimum atomic E-state index is -0.496. The van der Waals surface area contributed by atoms with E-state index in [2.05, 4.69) is 53.5 Å². The van der Waals surface area contributed by atoms with E-state index in [1.807, 2.05) is 52.0 Å². The Balaban J connectivity index is 1.56. The third-order valence-electron chi connectivity index (χ3n) is 6.99. The average Bonchev–Trinajstić information content (AvgIpc) is 2.93. The number of piperazine rings is 1. The molecule has 1 saturated heterocycles. The summed E-state index contributed by atoms with van der Waals surface area (Å²) in [5.74, 6) is 1.70. The number of methoxy groups -OCH3 is 1. The van der Waals surface area contributed by atoms with E-state index < -0.39 is 5.60 Å². The number of aromatic nitrogens is 2. The molecule has 10 heteroatoms. The van der Waals surface area contributed by atoms with Crippen molar-refractivity contribution in [2.45, 2.75) is 32.8 Å². The summed E-state index contributed by atoms with van der Waals surface area (Å²) >= 11 is 0. The molecule has 1 amide bonds. The molecule has 0 radical (unpaired) electrons. The molecular weight excluding hydrogens is 518 g/mol. The first-order valence-electron chi connectivity index (χ1n) is 14.2. The third-order valence-corrected chi connectivity index (χ3v) is 6.99. The molecule has 0 spiro atoms. The number of hydrogen-bond acceptors (Lipinski definition) is 9. The summed E-state index contributed by atoms with van der Waals surface area (Å²) in [6.45, 7) is 10.1. The predicted octanol–water partition coefficient (Wildman–Crippen LogP) is 4.79. The van der Waals surface area contributed by atoms with E-state index in [4.69, 9.17) is 19.4 Å². The SMILES string of the molecule is COc1cc2c(NCCCN(C)C)cc(-c3ccc(N4CCN(C(=O)OC(C)(C)C)CC4)nc3)nc2cc1N(C)C. The van der Waals surface area contributed by atoms with Gasteiger partial charge in [-0.15, -0.1) is 0 Å². The first-order chi connectivity index (χ1) is 19.4. The molecule has 222 valence electrons. The molecular formula is C31H45N7O3. The highest BCUT2D eigenvalue weighted by Crippen LogP contribution is 2.36. The van der Waals surface area contributed by atoms with Crippen LogP contribution >= 0.6 is 0 Å². The van der Waals surface area contributed by atoms with Crippen LogP contribution in [0.25, 0.3) is 22.2 Å². The highest BCUT2D eigenvalue weighted by Gasteiger charge is 2.26. The lowest BCUT2D eigenvalue weighted by Gasteiger charge is -2.36. The lowest BCUT2D eigenvalue weighted by Crippen LogP contribution is -2.50. The smallest absolute Gasteiger partial charge is 0.410 e. The number of nitrogens with zero attached hydrogens (tertiary/aromatic N) is 6. The fourth-order valence-corrected chi connectivity index (χ4v) is 4.84. The predicted molar refractivity (Wildman–Crippen MR) is 168 cm³/mol. The standard InChI is InChI=1S/C31H45N7O3/c1-31(2,3)41-30(39)38-16-14-37(15-17-38)29-11-10-22(21-33-29)24-19-25(32-12-9-13-35(4)5)23-18-28(40-8)27(36(6)7)20-26(23)34-24/h10-11,18-21H,9,12-17H2,1-8H3,(H,32,34). The molecule has 2 aromatic heterocycles. The Morgan fingerprint density at radius 2 is 1.78 bits per heavy atom. The van der Waals surface area contributed by atoms with Crippen molar-refractivity contribution in [2.75, 3.05) is 89.7 Å². The van der Waals surface area contributed by atoms with Crippen LogP contribution in [-0.4, -0.2) is 106 Å². The summed E-state index contributed by atoms with van der Waals surface area (Å²) in [5, 5.41) is 4.66. The number of rotatable bonds is 9. The van der Waals surface area contributed by atoms with E-state index in [1.54, 1.807) is 12.0 Å². The van der Waals surface area contributed by atoms with Gasteiger partial charge in [-0.3, -0.25) is 0 Å². The molecule has 0 aliphatic carbocycles. The highest BCUT2D eigenvalue weighted by atomic mass is 16.6. The minimum Gasteiger partial charge on any atom is -0.495 e. The summed E-state index contributed by atoms with van der Waals surface area (Å²) in [5.41, 5.74) is 4.20. The van der Waals surface area contributed by atoms with Crippen molar-refractivity contribution in [1.82, 2.24) is 19.8 Å². The maximum Gasteiger partial charge on any atom is 0.410 e. The molecule has 0 unspecified atom stereocenters. The van der Waals surface area contributed by atoms with E-state index in [0.29, 0.717) is 26.2 Å². The molecule has 3 aromatic rings. The second-order valence-corrected chi connectivity index (χ2v) is 11.9. The second-order valence-electron chi connectivity index (χ2n) is 11.9. The molecule has 1 aliphatic rings. The molecule has 41 heavy (non-hydrogen) atoms. The molecule has 0 bridgehead atoms. The topological polar surface area (TPSA) is 86.3 Å². The number of fused-ring (bicyclic) bond motifs is 1. The van der Waals surface area contributed by atoms with Crippen molar-refractivity contribution in [3.63, 3.8) is 0 Å². The van der Waals surface area contributed by atoms with Crippen LogP contribution in [0.4, 0.5) is 22.0 Å². The average molecular weight is 564 g/mol. The summed E-state index contributed by atoms with van der Waals surface area (Å²) in [6, 6.07) is 10.3. The van der Waals surface area contributed by atoms with Gasteiger partial charge in [0.15, 0.2) is 0 Å². The van der Waals surface area contributed by atoms with Gasteiger partial charge >= 0.3 is 6.09 Å². The molecule has 3 heterocycles. The Bertz CT molecular complexity index is 1330. The number of nitrogens with one attached hydrogen (secondary N) is 1. The first-order valence-corrected chi connectivity index (χ1v) is 14.2. The normalized spacial score (nSPS) is 14.0. The first kappa shape index (κ1) is 30.2. The van der Waals surface area contributed by atoms with Crippen molar-refractivity contribution in [1.29, 1.82) is 0 Å². The van der Waals surface area contributed by atoms with Crippen LogP contribution in [0.15, 0.2) is 36.5 Å². The maximum atomic E-state index is 12.4.